The van der Waals surface area contributed by atoms with Crippen LogP contribution >= 0.6 is 0 Å². The number of nitrogens with two attached hydrogens (primary N) is 3. The van der Waals surface area contributed by atoms with Crippen LogP contribution in [0.5, 0.6) is 11.5 Å². The lowest BCUT2D eigenvalue weighted by Gasteiger charge is -2.23. The van der Waals surface area contributed by atoms with Gasteiger partial charge in [-0.1, -0.05) is 6.42 Å². The van der Waals surface area contributed by atoms with Gasteiger partial charge in [0.1, 0.15) is 28.9 Å². The molecule has 0 aliphatic heterocycles. The fourth-order valence-electron chi connectivity index (χ4n) is 2.63. The number of benzene rings is 1. The molecule has 9 N–H and O–H groups in total. The molecule has 1 saturated carbocycles. The third kappa shape index (κ3) is 8.05. The van der Waals surface area contributed by atoms with Gasteiger partial charge in [-0.3, -0.25) is 10.8 Å². The molecular formula is C20H30N6O2. The lowest BCUT2D eigenvalue weighted by atomic mass is 9.98. The van der Waals surface area contributed by atoms with Gasteiger partial charge in [-0.25, -0.2) is 4.98 Å². The van der Waals surface area contributed by atoms with E-state index in [-0.39, 0.29) is 17.4 Å². The molecule has 152 valence electrons. The molecule has 8 nitrogen and oxygen atoms in total. The average molecular weight is 387 g/mol. The zero-order valence-corrected chi connectivity index (χ0v) is 16.2. The Morgan fingerprint density at radius 3 is 2.04 bits per heavy atom. The molecule has 28 heavy (non-hydrogen) atoms. The quantitative estimate of drug-likeness (QED) is 0.348. The number of amidine groups is 2. The van der Waals surface area contributed by atoms with Crippen molar-refractivity contribution in [1.29, 1.82) is 10.8 Å². The van der Waals surface area contributed by atoms with Gasteiger partial charge in [-0.15, -0.1) is 0 Å². The summed E-state index contributed by atoms with van der Waals surface area (Å²) in [7, 11) is 1.50. The van der Waals surface area contributed by atoms with Crippen LogP contribution in [-0.2, 0) is 0 Å². The Morgan fingerprint density at radius 2 is 1.57 bits per heavy atom. The second-order valence-electron chi connectivity index (χ2n) is 6.13. The average Bonchev–Trinajstić information content (AvgIpc) is 2.71. The highest BCUT2D eigenvalue weighted by Gasteiger charge is 2.14. The molecule has 0 unspecified atom stereocenters. The first-order valence-corrected chi connectivity index (χ1v) is 9.14. The van der Waals surface area contributed by atoms with Crippen LogP contribution in [-0.4, -0.2) is 34.9 Å². The fraction of sp³-hybridized carbons (Fsp3) is 0.350. The molecule has 3 rings (SSSR count). The van der Waals surface area contributed by atoms with Crippen LogP contribution in [0.1, 0.15) is 43.4 Å². The van der Waals surface area contributed by atoms with Crippen LogP contribution in [0.3, 0.4) is 0 Å². The first-order valence-electron chi connectivity index (χ1n) is 9.14. The van der Waals surface area contributed by atoms with Gasteiger partial charge in [0.25, 0.3) is 0 Å². The van der Waals surface area contributed by atoms with Gasteiger partial charge >= 0.3 is 0 Å². The van der Waals surface area contributed by atoms with Crippen LogP contribution in [0.2, 0.25) is 0 Å². The van der Waals surface area contributed by atoms with Gasteiger partial charge in [-0.2, -0.15) is 0 Å². The third-order valence-corrected chi connectivity index (χ3v) is 4.04. The van der Waals surface area contributed by atoms with Crippen molar-refractivity contribution < 1.29 is 9.84 Å². The van der Waals surface area contributed by atoms with E-state index in [4.69, 9.17) is 32.1 Å². The van der Waals surface area contributed by atoms with Gasteiger partial charge < -0.3 is 27.0 Å². The number of nitrogens with zero attached hydrogens (tertiary/aromatic N) is 1. The van der Waals surface area contributed by atoms with Crippen molar-refractivity contribution in [1.82, 2.24) is 4.98 Å². The van der Waals surface area contributed by atoms with Gasteiger partial charge in [0.2, 0.25) is 0 Å². The number of aromatic nitrogens is 1. The van der Waals surface area contributed by atoms with E-state index in [0.717, 1.165) is 24.2 Å². The molecule has 0 amide bonds. The van der Waals surface area contributed by atoms with Gasteiger partial charge in [0.05, 0.1) is 12.3 Å². The highest BCUT2D eigenvalue weighted by molar-refractivity contribution is 5.95. The molecule has 1 aromatic carbocycles. The number of nitrogens with one attached hydrogen (secondary N) is 2. The van der Waals surface area contributed by atoms with Crippen molar-refractivity contribution in [2.75, 3.05) is 7.05 Å². The van der Waals surface area contributed by atoms with Crippen molar-refractivity contribution in [2.45, 2.75) is 38.2 Å². The van der Waals surface area contributed by atoms with Crippen LogP contribution in [0.15, 0.2) is 42.6 Å². The van der Waals surface area contributed by atoms with E-state index >= 15 is 0 Å². The first-order chi connectivity index (χ1) is 13.5. The fourth-order valence-corrected chi connectivity index (χ4v) is 2.63. The minimum atomic E-state index is -0.0972. The lowest BCUT2D eigenvalue weighted by molar-refractivity contribution is 0.155. The molecule has 8 heteroatoms. The molecule has 1 heterocycles. The second-order valence-corrected chi connectivity index (χ2v) is 6.13. The van der Waals surface area contributed by atoms with Crippen molar-refractivity contribution in [3.63, 3.8) is 0 Å². The Labute approximate surface area is 165 Å². The number of aromatic hydroxyl groups is 1. The molecule has 0 atom stereocenters. The van der Waals surface area contributed by atoms with Crippen LogP contribution in [0.4, 0.5) is 0 Å². The molecule has 0 spiro atoms. The summed E-state index contributed by atoms with van der Waals surface area (Å²) in [5, 5.41) is 23.0. The zero-order chi connectivity index (χ0) is 20.9. The highest BCUT2D eigenvalue weighted by Crippen LogP contribution is 2.23. The van der Waals surface area contributed by atoms with Gasteiger partial charge in [0, 0.05) is 5.56 Å². The smallest absolute Gasteiger partial charge is 0.141 e. The van der Waals surface area contributed by atoms with Crippen molar-refractivity contribution >= 4 is 11.7 Å². The molecule has 0 radical (unpaired) electrons. The summed E-state index contributed by atoms with van der Waals surface area (Å²) in [5.74, 6) is 0.964. The molecule has 0 bridgehead atoms. The Kier molecular flexibility index (Phi) is 10.1. The van der Waals surface area contributed by atoms with E-state index in [1.807, 2.05) is 24.3 Å². The van der Waals surface area contributed by atoms with Gasteiger partial charge in [-0.05, 0) is 69.1 Å². The number of hydrogen-bond acceptors (Lipinski definition) is 6. The Bertz CT molecular complexity index is 725. The predicted octanol–water partition coefficient (Wildman–Crippen LogP) is 2.33. The topological polar surface area (TPSA) is 168 Å². The van der Waals surface area contributed by atoms with Crippen molar-refractivity contribution in [2.24, 2.45) is 17.2 Å². The third-order valence-electron chi connectivity index (χ3n) is 4.04. The lowest BCUT2D eigenvalue weighted by Crippen LogP contribution is -2.19. The maximum absolute atomic E-state index is 8.76. The Balaban J connectivity index is 0.000000281. The van der Waals surface area contributed by atoms with Crippen molar-refractivity contribution in [3.05, 3.63) is 53.9 Å². The molecular weight excluding hydrogens is 356 g/mol. The largest absolute Gasteiger partial charge is 0.506 e. The van der Waals surface area contributed by atoms with Gasteiger partial charge in [0.15, 0.2) is 0 Å². The second kappa shape index (κ2) is 12.3. The monoisotopic (exact) mass is 386 g/mol. The maximum atomic E-state index is 8.76. The summed E-state index contributed by atoms with van der Waals surface area (Å²) in [6.07, 6.45) is 7.83. The molecule has 1 fully saturated rings. The van der Waals surface area contributed by atoms with E-state index in [1.165, 1.54) is 44.6 Å². The zero-order valence-electron chi connectivity index (χ0n) is 16.2. The number of pyridine rings is 1. The van der Waals surface area contributed by atoms with Crippen molar-refractivity contribution in [3.8, 4) is 11.5 Å². The Hall–Kier alpha value is -3.13. The summed E-state index contributed by atoms with van der Waals surface area (Å²) in [6, 6.07) is 10.4. The Morgan fingerprint density at radius 1 is 0.964 bits per heavy atom. The number of ether oxygens (including phenoxy) is 1. The molecule has 1 aliphatic rings. The minimum Gasteiger partial charge on any atom is -0.506 e. The number of nitrogen functional groups attached to an aromatic ring is 2. The summed E-state index contributed by atoms with van der Waals surface area (Å²) in [5.41, 5.74) is 16.1. The summed E-state index contributed by atoms with van der Waals surface area (Å²) >= 11 is 0. The minimum absolute atomic E-state index is 0.0741. The van der Waals surface area contributed by atoms with Crippen LogP contribution in [0, 0.1) is 10.8 Å². The van der Waals surface area contributed by atoms with E-state index in [9.17, 15) is 0 Å². The van der Waals surface area contributed by atoms with Crippen LogP contribution in [0.25, 0.3) is 0 Å². The SMILES string of the molecule is CN.N=C(N)c1ccc(O)cn1.N=C(N)c1ccc(OC2CCCCC2)cc1. The molecule has 2 aromatic rings. The van der Waals surface area contributed by atoms with E-state index in [0.29, 0.717) is 11.8 Å². The van der Waals surface area contributed by atoms with E-state index in [1.54, 1.807) is 0 Å². The normalized spacial score (nSPS) is 13.2. The molecule has 1 aromatic heterocycles. The molecule has 1 aliphatic carbocycles. The summed E-state index contributed by atoms with van der Waals surface area (Å²) < 4.78 is 5.88. The maximum Gasteiger partial charge on any atom is 0.141 e. The number of rotatable bonds is 4. The predicted molar refractivity (Wildman–Crippen MR) is 112 cm³/mol. The standard InChI is InChI=1S/C13H18N2O.C6H7N3O.CH5N/c14-13(15)10-6-8-12(9-7-10)16-11-4-2-1-3-5-11;7-6(8)5-2-1-4(10)3-9-5;1-2/h6-9,11H,1-5H2,(H3,14,15);1-3,10H,(H3,7,8);2H2,1H3. The molecule has 0 saturated heterocycles. The van der Waals surface area contributed by atoms with E-state index in [2.05, 4.69) is 10.7 Å². The highest BCUT2D eigenvalue weighted by atomic mass is 16.5. The van der Waals surface area contributed by atoms with E-state index < -0.39 is 0 Å². The van der Waals surface area contributed by atoms with Crippen LogP contribution < -0.4 is 21.9 Å². The summed E-state index contributed by atoms with van der Waals surface area (Å²) in [4.78, 5) is 3.68. The first kappa shape index (κ1) is 22.9. The number of hydrogen-bond donors (Lipinski definition) is 6. The summed E-state index contributed by atoms with van der Waals surface area (Å²) in [6.45, 7) is 0.